The predicted molar refractivity (Wildman–Crippen MR) is 105 cm³/mol. The second kappa shape index (κ2) is 8.49. The summed E-state index contributed by atoms with van der Waals surface area (Å²) >= 11 is 0. The van der Waals surface area contributed by atoms with E-state index in [1.807, 2.05) is 12.1 Å². The normalized spacial score (nSPS) is 16.0. The van der Waals surface area contributed by atoms with Crippen LogP contribution in [0.4, 0.5) is 11.4 Å². The molecule has 0 radical (unpaired) electrons. The molecule has 0 bridgehead atoms. The van der Waals surface area contributed by atoms with E-state index in [-0.39, 0.29) is 18.3 Å². The minimum atomic E-state index is -0.471. The minimum absolute atomic E-state index is 0.0101. The van der Waals surface area contributed by atoms with E-state index in [1.54, 1.807) is 19.1 Å². The second-order valence-corrected chi connectivity index (χ2v) is 6.41. The third-order valence-corrected chi connectivity index (χ3v) is 4.62. The first-order valence-corrected chi connectivity index (χ1v) is 9.06. The Hall–Kier alpha value is -3.15. The number of hydrogen-bond acceptors (Lipinski definition) is 5. The molecule has 1 N–H and O–H groups in total. The van der Waals surface area contributed by atoms with E-state index in [1.165, 1.54) is 29.3 Å². The molecule has 3 rings (SSSR count). The minimum Gasteiger partial charge on any atom is -0.463 e. The highest BCUT2D eigenvalue weighted by molar-refractivity contribution is 5.87. The Morgan fingerprint density at radius 2 is 2.15 bits per heavy atom. The van der Waals surface area contributed by atoms with Crippen molar-refractivity contribution in [3.8, 4) is 0 Å². The maximum Gasteiger partial charge on any atom is 0.330 e. The molecule has 0 aliphatic heterocycles. The standard InChI is InChI=1S/C21H22N2O4/c1-2-27-21(24)13-11-15-10-12-19(20(14-15)23(25)26)22-18-9-5-7-16-6-3-4-8-17(16)18/h3-4,6,8,10-14,18,22H,2,5,7,9H2,1H3. The zero-order valence-corrected chi connectivity index (χ0v) is 15.2. The molecule has 2 aromatic carbocycles. The SMILES string of the molecule is CCOC(=O)C=Cc1ccc(NC2CCCc3ccccc32)c([N+](=O)[O-])c1. The Morgan fingerprint density at radius 1 is 1.33 bits per heavy atom. The van der Waals surface area contributed by atoms with Crippen LogP contribution in [0.2, 0.25) is 0 Å². The van der Waals surface area contributed by atoms with Crippen LogP contribution in [0.3, 0.4) is 0 Å². The fourth-order valence-corrected chi connectivity index (χ4v) is 3.37. The molecule has 27 heavy (non-hydrogen) atoms. The summed E-state index contributed by atoms with van der Waals surface area (Å²) in [6.45, 7) is 2.01. The molecule has 6 nitrogen and oxygen atoms in total. The Kier molecular flexibility index (Phi) is 5.86. The molecule has 0 amide bonds. The number of esters is 1. The molecular weight excluding hydrogens is 344 g/mol. The summed E-state index contributed by atoms with van der Waals surface area (Å²) in [6, 6.07) is 13.2. The van der Waals surface area contributed by atoms with Crippen molar-refractivity contribution < 1.29 is 14.5 Å². The fraction of sp³-hybridized carbons (Fsp3) is 0.286. The molecule has 0 spiro atoms. The van der Waals surface area contributed by atoms with Crippen LogP contribution < -0.4 is 5.32 Å². The van der Waals surface area contributed by atoms with Crippen molar-refractivity contribution in [1.82, 2.24) is 0 Å². The lowest BCUT2D eigenvalue weighted by atomic mass is 9.87. The van der Waals surface area contributed by atoms with Gasteiger partial charge in [0.1, 0.15) is 5.69 Å². The van der Waals surface area contributed by atoms with Gasteiger partial charge in [0.05, 0.1) is 17.6 Å². The third-order valence-electron chi connectivity index (χ3n) is 4.62. The van der Waals surface area contributed by atoms with Gasteiger partial charge in [-0.05, 0) is 55.0 Å². The largest absolute Gasteiger partial charge is 0.463 e. The van der Waals surface area contributed by atoms with E-state index in [0.717, 1.165) is 19.3 Å². The van der Waals surface area contributed by atoms with E-state index >= 15 is 0 Å². The number of fused-ring (bicyclic) bond motifs is 1. The quantitative estimate of drug-likeness (QED) is 0.348. The van der Waals surface area contributed by atoms with Crippen LogP contribution in [-0.2, 0) is 16.0 Å². The number of aryl methyl sites for hydroxylation is 1. The third kappa shape index (κ3) is 4.53. The summed E-state index contributed by atoms with van der Waals surface area (Å²) in [5.74, 6) is -0.471. The summed E-state index contributed by atoms with van der Waals surface area (Å²) in [4.78, 5) is 22.6. The summed E-state index contributed by atoms with van der Waals surface area (Å²) in [5, 5.41) is 14.9. The van der Waals surface area contributed by atoms with E-state index < -0.39 is 10.9 Å². The number of carbonyl (C=O) groups is 1. The zero-order valence-electron chi connectivity index (χ0n) is 15.2. The smallest absolute Gasteiger partial charge is 0.330 e. The predicted octanol–water partition coefficient (Wildman–Crippen LogP) is 4.66. The van der Waals surface area contributed by atoms with Gasteiger partial charge in [0, 0.05) is 12.1 Å². The van der Waals surface area contributed by atoms with Crippen molar-refractivity contribution in [2.75, 3.05) is 11.9 Å². The molecule has 0 aromatic heterocycles. The van der Waals surface area contributed by atoms with Crippen molar-refractivity contribution in [3.05, 3.63) is 75.3 Å². The number of rotatable bonds is 6. The van der Waals surface area contributed by atoms with E-state index in [9.17, 15) is 14.9 Å². The lowest BCUT2D eigenvalue weighted by Gasteiger charge is -2.27. The molecule has 1 aliphatic carbocycles. The van der Waals surface area contributed by atoms with E-state index in [2.05, 4.69) is 17.4 Å². The lowest BCUT2D eigenvalue weighted by molar-refractivity contribution is -0.384. The highest BCUT2D eigenvalue weighted by Gasteiger charge is 2.23. The lowest BCUT2D eigenvalue weighted by Crippen LogP contribution is -2.17. The average Bonchev–Trinajstić information content (AvgIpc) is 2.67. The van der Waals surface area contributed by atoms with Crippen molar-refractivity contribution in [3.63, 3.8) is 0 Å². The number of nitro groups is 1. The summed E-state index contributed by atoms with van der Waals surface area (Å²) in [7, 11) is 0. The number of hydrogen-bond donors (Lipinski definition) is 1. The Balaban J connectivity index is 1.84. The molecule has 0 saturated carbocycles. The Morgan fingerprint density at radius 3 is 2.93 bits per heavy atom. The van der Waals surface area contributed by atoms with Gasteiger partial charge < -0.3 is 10.1 Å². The van der Waals surface area contributed by atoms with Gasteiger partial charge in [-0.1, -0.05) is 30.3 Å². The van der Waals surface area contributed by atoms with Gasteiger partial charge in [0.25, 0.3) is 5.69 Å². The maximum absolute atomic E-state index is 11.6. The number of benzene rings is 2. The summed E-state index contributed by atoms with van der Waals surface area (Å²) < 4.78 is 4.83. The molecule has 2 aromatic rings. The van der Waals surface area contributed by atoms with Crippen molar-refractivity contribution in [2.45, 2.75) is 32.2 Å². The van der Waals surface area contributed by atoms with E-state index in [4.69, 9.17) is 4.74 Å². The molecule has 0 fully saturated rings. The first kappa shape index (κ1) is 18.6. The van der Waals surface area contributed by atoms with Crippen molar-refractivity contribution >= 4 is 23.4 Å². The molecule has 1 unspecified atom stereocenters. The monoisotopic (exact) mass is 366 g/mol. The van der Waals surface area contributed by atoms with Gasteiger partial charge >= 0.3 is 5.97 Å². The molecule has 6 heteroatoms. The van der Waals surface area contributed by atoms with Crippen molar-refractivity contribution in [1.29, 1.82) is 0 Å². The average molecular weight is 366 g/mol. The number of anilines is 1. The highest BCUT2D eigenvalue weighted by atomic mass is 16.6. The second-order valence-electron chi connectivity index (χ2n) is 6.41. The van der Waals surface area contributed by atoms with Gasteiger partial charge in [-0.3, -0.25) is 10.1 Å². The van der Waals surface area contributed by atoms with Crippen LogP contribution in [0.15, 0.2) is 48.5 Å². The summed E-state index contributed by atoms with van der Waals surface area (Å²) in [5.41, 5.74) is 3.53. The first-order chi connectivity index (χ1) is 13.1. The van der Waals surface area contributed by atoms with Gasteiger partial charge in [-0.25, -0.2) is 4.79 Å². The van der Waals surface area contributed by atoms with Crippen LogP contribution in [0.5, 0.6) is 0 Å². The van der Waals surface area contributed by atoms with Gasteiger partial charge in [0.2, 0.25) is 0 Å². The molecule has 140 valence electrons. The number of nitrogens with one attached hydrogen (secondary N) is 1. The fourth-order valence-electron chi connectivity index (χ4n) is 3.37. The molecule has 0 heterocycles. The number of ether oxygens (including phenoxy) is 1. The van der Waals surface area contributed by atoms with Crippen LogP contribution in [0.25, 0.3) is 6.08 Å². The molecule has 1 aliphatic rings. The van der Waals surface area contributed by atoms with Crippen LogP contribution in [0.1, 0.15) is 42.5 Å². The Bertz CT molecular complexity index is 876. The molecule has 0 saturated heterocycles. The van der Waals surface area contributed by atoms with Crippen LogP contribution in [-0.4, -0.2) is 17.5 Å². The first-order valence-electron chi connectivity index (χ1n) is 9.06. The molecule has 1 atom stereocenters. The summed E-state index contributed by atoms with van der Waals surface area (Å²) in [6.07, 6.45) is 5.80. The number of nitro benzene ring substituents is 1. The molecular formula is C21H22N2O4. The van der Waals surface area contributed by atoms with Gasteiger partial charge in [-0.15, -0.1) is 0 Å². The van der Waals surface area contributed by atoms with Crippen molar-refractivity contribution in [2.24, 2.45) is 0 Å². The maximum atomic E-state index is 11.6. The number of carbonyl (C=O) groups excluding carboxylic acids is 1. The van der Waals surface area contributed by atoms with Crippen LogP contribution >= 0.6 is 0 Å². The van der Waals surface area contributed by atoms with Crippen LogP contribution in [0, 0.1) is 10.1 Å². The van der Waals surface area contributed by atoms with Gasteiger partial charge in [-0.2, -0.15) is 0 Å². The van der Waals surface area contributed by atoms with E-state index in [0.29, 0.717) is 11.3 Å². The zero-order chi connectivity index (χ0) is 19.2. The highest BCUT2D eigenvalue weighted by Crippen LogP contribution is 2.35. The topological polar surface area (TPSA) is 81.5 Å². The number of nitrogens with zero attached hydrogens (tertiary/aromatic N) is 1. The Labute approximate surface area is 158 Å². The van der Waals surface area contributed by atoms with Gasteiger partial charge in [0.15, 0.2) is 0 Å².